The Balaban J connectivity index is 0.00000156. The Morgan fingerprint density at radius 2 is 1.96 bits per heavy atom. The van der Waals surface area contributed by atoms with Gasteiger partial charge in [-0.2, -0.15) is 0 Å². The quantitative estimate of drug-likeness (QED) is 0.901. The van der Waals surface area contributed by atoms with Gasteiger partial charge in [-0.05, 0) is 48.6 Å². The van der Waals surface area contributed by atoms with Crippen molar-refractivity contribution in [2.24, 2.45) is 0 Å². The van der Waals surface area contributed by atoms with Crippen LogP contribution in [0.5, 0.6) is 0 Å². The third-order valence-electron chi connectivity index (χ3n) is 4.76. The number of fused-ring (bicyclic) bond motifs is 1. The number of benzene rings is 2. The molecule has 3 nitrogen and oxygen atoms in total. The van der Waals surface area contributed by atoms with E-state index in [2.05, 4.69) is 35.6 Å². The van der Waals surface area contributed by atoms with Crippen LogP contribution in [0, 0.1) is 0 Å². The molecule has 0 saturated carbocycles. The fourth-order valence-corrected chi connectivity index (χ4v) is 3.64. The molecule has 1 saturated heterocycles. The van der Waals surface area contributed by atoms with Crippen LogP contribution < -0.4 is 5.32 Å². The van der Waals surface area contributed by atoms with Gasteiger partial charge in [0.1, 0.15) is 0 Å². The number of nitrogens with one attached hydrogen (secondary N) is 1. The minimum atomic E-state index is 0. The third kappa shape index (κ3) is 2.93. The second-order valence-electron chi connectivity index (χ2n) is 6.12. The molecule has 4 heteroatoms. The van der Waals surface area contributed by atoms with Crippen molar-refractivity contribution in [2.75, 3.05) is 18.4 Å². The van der Waals surface area contributed by atoms with Crippen molar-refractivity contribution in [1.82, 2.24) is 4.90 Å². The van der Waals surface area contributed by atoms with E-state index in [1.807, 2.05) is 23.1 Å². The highest BCUT2D eigenvalue weighted by molar-refractivity contribution is 5.95. The van der Waals surface area contributed by atoms with Gasteiger partial charge in [0.05, 0.1) is 6.04 Å². The van der Waals surface area contributed by atoms with Crippen LogP contribution in [0.15, 0.2) is 48.5 Å². The number of likely N-dealkylation sites (tertiary alicyclic amines) is 1. The largest absolute Gasteiger partial charge is 0.384 e. The molecule has 2 aliphatic rings. The first-order valence-corrected chi connectivity index (χ1v) is 8.05. The lowest BCUT2D eigenvalue weighted by atomic mass is 10.0. The smallest absolute Gasteiger partial charge is 0.254 e. The van der Waals surface area contributed by atoms with Gasteiger partial charge in [0, 0.05) is 24.3 Å². The lowest BCUT2D eigenvalue weighted by Gasteiger charge is -2.25. The third-order valence-corrected chi connectivity index (χ3v) is 4.76. The summed E-state index contributed by atoms with van der Waals surface area (Å²) >= 11 is 0. The fourth-order valence-electron chi connectivity index (χ4n) is 3.64. The Kier molecular flexibility index (Phi) is 4.58. The van der Waals surface area contributed by atoms with Gasteiger partial charge in [-0.3, -0.25) is 4.79 Å². The molecule has 1 atom stereocenters. The summed E-state index contributed by atoms with van der Waals surface area (Å²) in [6.45, 7) is 1.83. The molecule has 0 radical (unpaired) electrons. The molecule has 1 amide bonds. The first kappa shape index (κ1) is 15.9. The topological polar surface area (TPSA) is 32.3 Å². The molecule has 2 heterocycles. The van der Waals surface area contributed by atoms with E-state index in [1.54, 1.807) is 0 Å². The fraction of sp³-hybridized carbons (Fsp3) is 0.316. The van der Waals surface area contributed by atoms with Gasteiger partial charge in [-0.1, -0.05) is 30.3 Å². The summed E-state index contributed by atoms with van der Waals surface area (Å²) in [5, 5.41) is 3.35. The highest BCUT2D eigenvalue weighted by Crippen LogP contribution is 2.33. The van der Waals surface area contributed by atoms with Crippen molar-refractivity contribution in [1.29, 1.82) is 0 Å². The van der Waals surface area contributed by atoms with E-state index >= 15 is 0 Å². The molecule has 2 aromatic carbocycles. The van der Waals surface area contributed by atoms with Crippen molar-refractivity contribution in [3.8, 4) is 0 Å². The molecular weight excluding hydrogens is 308 g/mol. The van der Waals surface area contributed by atoms with Crippen molar-refractivity contribution >= 4 is 24.0 Å². The number of hydrogen-bond donors (Lipinski definition) is 1. The van der Waals surface area contributed by atoms with E-state index in [0.29, 0.717) is 0 Å². The Morgan fingerprint density at radius 1 is 1.13 bits per heavy atom. The predicted octanol–water partition coefficient (Wildman–Crippen LogP) is 4.05. The van der Waals surface area contributed by atoms with Crippen LogP contribution in [0.4, 0.5) is 5.69 Å². The molecule has 1 N–H and O–H groups in total. The van der Waals surface area contributed by atoms with E-state index < -0.39 is 0 Å². The van der Waals surface area contributed by atoms with E-state index in [-0.39, 0.29) is 24.4 Å². The average Bonchev–Trinajstić information content (AvgIpc) is 3.23. The zero-order valence-electron chi connectivity index (χ0n) is 13.0. The van der Waals surface area contributed by atoms with Gasteiger partial charge in [-0.25, -0.2) is 0 Å². The van der Waals surface area contributed by atoms with Crippen LogP contribution in [-0.2, 0) is 6.42 Å². The van der Waals surface area contributed by atoms with Gasteiger partial charge in [0.25, 0.3) is 5.91 Å². The first-order valence-electron chi connectivity index (χ1n) is 8.05. The predicted molar refractivity (Wildman–Crippen MR) is 95.3 cm³/mol. The van der Waals surface area contributed by atoms with E-state index in [9.17, 15) is 4.79 Å². The minimum absolute atomic E-state index is 0. The summed E-state index contributed by atoms with van der Waals surface area (Å²) in [5.41, 5.74) is 4.51. The summed E-state index contributed by atoms with van der Waals surface area (Å²) in [7, 11) is 0. The van der Waals surface area contributed by atoms with Gasteiger partial charge >= 0.3 is 0 Å². The maximum Gasteiger partial charge on any atom is 0.254 e. The number of anilines is 1. The average molecular weight is 329 g/mol. The van der Waals surface area contributed by atoms with Crippen LogP contribution in [0.1, 0.15) is 40.4 Å². The molecule has 1 unspecified atom stereocenters. The van der Waals surface area contributed by atoms with Crippen LogP contribution in [-0.4, -0.2) is 23.9 Å². The zero-order valence-corrected chi connectivity index (χ0v) is 13.8. The number of rotatable bonds is 2. The lowest BCUT2D eigenvalue weighted by Crippen LogP contribution is -2.30. The van der Waals surface area contributed by atoms with Gasteiger partial charge in [0.2, 0.25) is 0 Å². The molecule has 120 valence electrons. The summed E-state index contributed by atoms with van der Waals surface area (Å²) in [6.07, 6.45) is 3.15. The monoisotopic (exact) mass is 328 g/mol. The highest BCUT2D eigenvalue weighted by atomic mass is 35.5. The maximum atomic E-state index is 12.9. The molecule has 0 bridgehead atoms. The number of carbonyl (C=O) groups excluding carboxylic acids is 1. The van der Waals surface area contributed by atoms with Gasteiger partial charge in [-0.15, -0.1) is 12.4 Å². The Hall–Kier alpha value is -2.00. The van der Waals surface area contributed by atoms with E-state index in [1.165, 1.54) is 16.8 Å². The molecule has 2 aliphatic heterocycles. The standard InChI is InChI=1S/C19H20N2O.ClH/c22-19(16-8-9-17-15(13-16)10-11-20-17)21-12-4-7-18(21)14-5-2-1-3-6-14;/h1-3,5-6,8-9,13,18,20H,4,7,10-12H2;1H. The van der Waals surface area contributed by atoms with Gasteiger partial charge < -0.3 is 10.2 Å². The molecule has 2 aromatic rings. The summed E-state index contributed by atoms with van der Waals surface area (Å²) < 4.78 is 0. The van der Waals surface area contributed by atoms with E-state index in [4.69, 9.17) is 0 Å². The molecular formula is C19H21ClN2O. The molecule has 4 rings (SSSR count). The number of hydrogen-bond acceptors (Lipinski definition) is 2. The molecule has 23 heavy (non-hydrogen) atoms. The van der Waals surface area contributed by atoms with E-state index in [0.717, 1.165) is 37.9 Å². The zero-order chi connectivity index (χ0) is 14.9. The number of carbonyl (C=O) groups is 1. The van der Waals surface area contributed by atoms with Crippen LogP contribution in [0.25, 0.3) is 0 Å². The van der Waals surface area contributed by atoms with Crippen molar-refractivity contribution in [3.63, 3.8) is 0 Å². The second kappa shape index (κ2) is 6.63. The number of amides is 1. The molecule has 0 spiro atoms. The summed E-state index contributed by atoms with van der Waals surface area (Å²) in [4.78, 5) is 15.0. The second-order valence-corrected chi connectivity index (χ2v) is 6.12. The number of nitrogens with zero attached hydrogens (tertiary/aromatic N) is 1. The normalized spacial score (nSPS) is 19.0. The SMILES string of the molecule is Cl.O=C(c1ccc2c(c1)CCN2)N1CCCC1c1ccccc1. The minimum Gasteiger partial charge on any atom is -0.384 e. The highest BCUT2D eigenvalue weighted by Gasteiger charge is 2.30. The van der Waals surface area contributed by atoms with Crippen molar-refractivity contribution in [2.45, 2.75) is 25.3 Å². The molecule has 0 aliphatic carbocycles. The van der Waals surface area contributed by atoms with Gasteiger partial charge in [0.15, 0.2) is 0 Å². The summed E-state index contributed by atoms with van der Waals surface area (Å²) in [5.74, 6) is 0.168. The first-order chi connectivity index (χ1) is 10.8. The van der Waals surface area contributed by atoms with Crippen molar-refractivity contribution in [3.05, 3.63) is 65.2 Å². The lowest BCUT2D eigenvalue weighted by molar-refractivity contribution is 0.0735. The summed E-state index contributed by atoms with van der Waals surface area (Å²) in [6, 6.07) is 16.7. The Labute approximate surface area is 143 Å². The number of halogens is 1. The Morgan fingerprint density at radius 3 is 2.78 bits per heavy atom. The van der Waals surface area contributed by atoms with Crippen LogP contribution in [0.3, 0.4) is 0 Å². The van der Waals surface area contributed by atoms with Crippen LogP contribution >= 0.6 is 12.4 Å². The van der Waals surface area contributed by atoms with Crippen LogP contribution in [0.2, 0.25) is 0 Å². The molecule has 0 aromatic heterocycles. The van der Waals surface area contributed by atoms with Crippen molar-refractivity contribution < 1.29 is 4.79 Å². The Bertz CT molecular complexity index is 702. The molecule has 1 fully saturated rings. The maximum absolute atomic E-state index is 12.9.